The van der Waals surface area contributed by atoms with Crippen LogP contribution in [0.3, 0.4) is 0 Å². The van der Waals surface area contributed by atoms with Gasteiger partial charge < -0.3 is 10.6 Å². The third kappa shape index (κ3) is 5.52. The minimum atomic E-state index is -0.548. The normalized spacial score (nSPS) is 17.6. The van der Waals surface area contributed by atoms with Crippen LogP contribution >= 0.6 is 12.2 Å². The van der Waals surface area contributed by atoms with Crippen LogP contribution in [0.4, 0.5) is 14.5 Å². The van der Waals surface area contributed by atoms with E-state index < -0.39 is 11.6 Å². The van der Waals surface area contributed by atoms with E-state index in [1.807, 2.05) is 23.1 Å². The van der Waals surface area contributed by atoms with Crippen LogP contribution in [0.1, 0.15) is 25.0 Å². The fraction of sp³-hybridized carbons (Fsp3) is 0.364. The molecule has 3 rings (SSSR count). The molecule has 8 heteroatoms. The molecular weight excluding hydrogens is 404 g/mol. The summed E-state index contributed by atoms with van der Waals surface area (Å²) in [6, 6.07) is 12.9. The number of hydrogen-bond acceptors (Lipinski definition) is 4. The lowest BCUT2D eigenvalue weighted by atomic mass is 9.98. The highest BCUT2D eigenvalue weighted by Crippen LogP contribution is 2.28. The molecule has 1 atom stereocenters. The molecule has 0 spiro atoms. The summed E-state index contributed by atoms with van der Waals surface area (Å²) in [6.07, 6.45) is 1.16. The minimum absolute atomic E-state index is 0.0307. The van der Waals surface area contributed by atoms with Gasteiger partial charge in [0.05, 0.1) is 11.9 Å². The van der Waals surface area contributed by atoms with Gasteiger partial charge in [0.2, 0.25) is 0 Å². The molecule has 0 radical (unpaired) electrons. The van der Waals surface area contributed by atoms with E-state index in [1.54, 1.807) is 0 Å². The molecule has 1 aliphatic heterocycles. The summed E-state index contributed by atoms with van der Waals surface area (Å²) in [5.74, 6) is -0.651. The van der Waals surface area contributed by atoms with Crippen molar-refractivity contribution in [1.82, 2.24) is 10.3 Å². The van der Waals surface area contributed by atoms with E-state index in [1.165, 1.54) is 11.6 Å². The van der Waals surface area contributed by atoms with Crippen molar-refractivity contribution < 1.29 is 8.78 Å². The smallest absolute Gasteiger partial charge is 0.184 e. The van der Waals surface area contributed by atoms with E-state index in [-0.39, 0.29) is 22.4 Å². The number of nitrogens with two attached hydrogens (primary N) is 1. The molecule has 1 saturated heterocycles. The molecule has 0 aromatic heterocycles. The van der Waals surface area contributed by atoms with Gasteiger partial charge in [-0.3, -0.25) is 10.3 Å². The van der Waals surface area contributed by atoms with E-state index in [4.69, 9.17) is 5.73 Å². The van der Waals surface area contributed by atoms with Crippen LogP contribution in [-0.4, -0.2) is 41.9 Å². The first kappa shape index (κ1) is 22.1. The third-order valence-electron chi connectivity index (χ3n) is 5.32. The average Bonchev–Trinajstić information content (AvgIpc) is 2.71. The maximum Gasteiger partial charge on any atom is 0.184 e. The molecule has 0 saturated carbocycles. The van der Waals surface area contributed by atoms with E-state index in [2.05, 4.69) is 53.6 Å². The fourth-order valence-electron chi connectivity index (χ4n) is 3.77. The van der Waals surface area contributed by atoms with E-state index in [0.29, 0.717) is 19.0 Å². The van der Waals surface area contributed by atoms with Gasteiger partial charge >= 0.3 is 0 Å². The number of piperazine rings is 1. The first-order valence-electron chi connectivity index (χ1n) is 9.95. The number of anilines is 1. The van der Waals surface area contributed by atoms with Crippen molar-refractivity contribution >= 4 is 29.2 Å². The first-order valence-corrected chi connectivity index (χ1v) is 10.4. The Morgan fingerprint density at radius 1 is 1.23 bits per heavy atom. The van der Waals surface area contributed by atoms with Crippen LogP contribution in [0.2, 0.25) is 0 Å². The first-order chi connectivity index (χ1) is 14.3. The topological polar surface area (TPSA) is 56.9 Å². The highest BCUT2D eigenvalue weighted by molar-refractivity contribution is 7.80. The molecule has 30 heavy (non-hydrogen) atoms. The number of nitrogens with zero attached hydrogens (tertiary/aromatic N) is 3. The zero-order valence-electron chi connectivity index (χ0n) is 17.2. The molecule has 1 aliphatic rings. The van der Waals surface area contributed by atoms with E-state index in [0.717, 1.165) is 25.4 Å². The van der Waals surface area contributed by atoms with Crippen molar-refractivity contribution in [2.75, 3.05) is 24.5 Å². The van der Waals surface area contributed by atoms with Gasteiger partial charge in [-0.25, -0.2) is 8.78 Å². The van der Waals surface area contributed by atoms with Crippen LogP contribution in [0.5, 0.6) is 0 Å². The summed E-state index contributed by atoms with van der Waals surface area (Å²) in [5.41, 5.74) is 9.17. The lowest BCUT2D eigenvalue weighted by Gasteiger charge is -2.44. The highest BCUT2D eigenvalue weighted by Gasteiger charge is 2.30. The number of hydrazone groups is 1. The molecular formula is C22H27F2N5S. The molecule has 2 aromatic carbocycles. The van der Waals surface area contributed by atoms with Gasteiger partial charge in [0.25, 0.3) is 0 Å². The number of benzene rings is 2. The van der Waals surface area contributed by atoms with Crippen LogP contribution in [-0.2, 0) is 6.54 Å². The number of rotatable bonds is 6. The predicted octanol–water partition coefficient (Wildman–Crippen LogP) is 3.48. The van der Waals surface area contributed by atoms with Crippen LogP contribution in [0.15, 0.2) is 47.6 Å². The molecule has 1 heterocycles. The molecule has 3 N–H and O–H groups in total. The molecule has 0 aliphatic carbocycles. The third-order valence-corrected chi connectivity index (χ3v) is 5.41. The van der Waals surface area contributed by atoms with Gasteiger partial charge in [0.15, 0.2) is 5.11 Å². The van der Waals surface area contributed by atoms with Gasteiger partial charge in [-0.1, -0.05) is 44.2 Å². The maximum atomic E-state index is 14.8. The second-order valence-corrected chi connectivity index (χ2v) is 8.21. The second-order valence-electron chi connectivity index (χ2n) is 7.77. The van der Waals surface area contributed by atoms with Crippen molar-refractivity contribution in [2.24, 2.45) is 16.8 Å². The maximum absolute atomic E-state index is 14.8. The molecule has 0 amide bonds. The van der Waals surface area contributed by atoms with Gasteiger partial charge in [0.1, 0.15) is 11.6 Å². The summed E-state index contributed by atoms with van der Waals surface area (Å²) < 4.78 is 29.4. The molecule has 5 nitrogen and oxygen atoms in total. The largest absolute Gasteiger partial charge is 0.375 e. The number of thiocarbonyl (C=S) groups is 1. The fourth-order valence-corrected chi connectivity index (χ4v) is 3.82. The summed E-state index contributed by atoms with van der Waals surface area (Å²) in [7, 11) is 0. The number of halogens is 2. The average molecular weight is 432 g/mol. The van der Waals surface area contributed by atoms with Crippen molar-refractivity contribution in [3.63, 3.8) is 0 Å². The molecule has 1 fully saturated rings. The molecule has 0 unspecified atom stereocenters. The zero-order chi connectivity index (χ0) is 21.7. The van der Waals surface area contributed by atoms with Gasteiger partial charge in [0, 0.05) is 43.9 Å². The van der Waals surface area contributed by atoms with Crippen LogP contribution in [0.25, 0.3) is 0 Å². The van der Waals surface area contributed by atoms with Crippen molar-refractivity contribution in [3.05, 3.63) is 65.2 Å². The van der Waals surface area contributed by atoms with E-state index >= 15 is 0 Å². The monoisotopic (exact) mass is 431 g/mol. The van der Waals surface area contributed by atoms with Gasteiger partial charge in [-0.05, 0) is 29.8 Å². The van der Waals surface area contributed by atoms with Crippen molar-refractivity contribution in [2.45, 2.75) is 26.4 Å². The van der Waals surface area contributed by atoms with Gasteiger partial charge in [-0.15, -0.1) is 0 Å². The molecule has 160 valence electrons. The Kier molecular flexibility index (Phi) is 7.33. The number of nitrogens with one attached hydrogen (secondary N) is 1. The Bertz CT molecular complexity index is 904. The Labute approximate surface area is 181 Å². The lowest BCUT2D eigenvalue weighted by Crippen LogP contribution is -2.55. The molecule has 2 aromatic rings. The summed E-state index contributed by atoms with van der Waals surface area (Å²) in [6.45, 7) is 7.22. The standard InChI is InChI=1S/C22H27F2N5S/c1-15(2)21-14-29(9-8-28(21)13-16-6-4-3-5-7-16)20-11-18(23)17(10-19(20)24)12-26-27-22(25)30/h3-7,10-12,15,21H,8-9,13-14H2,1-2H3,(H3,25,27,30)/t21-/m1/s1. The summed E-state index contributed by atoms with van der Waals surface area (Å²) in [5, 5.41) is 3.66. The zero-order valence-corrected chi connectivity index (χ0v) is 18.0. The summed E-state index contributed by atoms with van der Waals surface area (Å²) in [4.78, 5) is 4.35. The van der Waals surface area contributed by atoms with E-state index in [9.17, 15) is 8.78 Å². The van der Waals surface area contributed by atoms with Crippen LogP contribution in [0, 0.1) is 17.6 Å². The Morgan fingerprint density at radius 3 is 2.63 bits per heavy atom. The Hall–Kier alpha value is -2.58. The second kappa shape index (κ2) is 9.95. The number of hydrogen-bond donors (Lipinski definition) is 2. The Balaban J connectivity index is 1.76. The highest BCUT2D eigenvalue weighted by atomic mass is 32.1. The van der Waals surface area contributed by atoms with Crippen molar-refractivity contribution in [1.29, 1.82) is 0 Å². The molecule has 0 bridgehead atoms. The minimum Gasteiger partial charge on any atom is -0.375 e. The summed E-state index contributed by atoms with van der Waals surface area (Å²) >= 11 is 4.63. The lowest BCUT2D eigenvalue weighted by molar-refractivity contribution is 0.130. The Morgan fingerprint density at radius 2 is 1.97 bits per heavy atom. The van der Waals surface area contributed by atoms with Gasteiger partial charge in [-0.2, -0.15) is 5.10 Å². The SMILES string of the molecule is CC(C)[C@H]1CN(c2cc(F)c(C=NNC(N)=S)cc2F)CCN1Cc1ccccc1. The predicted molar refractivity (Wildman–Crippen MR) is 122 cm³/mol. The van der Waals surface area contributed by atoms with Crippen LogP contribution < -0.4 is 16.1 Å². The van der Waals surface area contributed by atoms with Crippen molar-refractivity contribution in [3.8, 4) is 0 Å². The quantitative estimate of drug-likeness (QED) is 0.417.